The molecule has 0 aromatic rings. The van der Waals surface area contributed by atoms with Crippen LogP contribution in [0.2, 0.25) is 0 Å². The lowest BCUT2D eigenvalue weighted by Crippen LogP contribution is -2.36. The van der Waals surface area contributed by atoms with Gasteiger partial charge >= 0.3 is 0 Å². The molecule has 4 heteroatoms. The van der Waals surface area contributed by atoms with E-state index in [0.717, 1.165) is 0 Å². The molecule has 0 spiro atoms. The second-order valence-electron chi connectivity index (χ2n) is 3.37. The summed E-state index contributed by atoms with van der Waals surface area (Å²) in [6, 6.07) is 0. The maximum absolute atomic E-state index is 11.8. The molecular formula is C10H16N2O2. The highest BCUT2D eigenvalue weighted by molar-refractivity contribution is 5.89. The van der Waals surface area contributed by atoms with Gasteiger partial charge in [-0.15, -0.1) is 6.58 Å². The van der Waals surface area contributed by atoms with Crippen molar-refractivity contribution in [3.05, 3.63) is 12.7 Å². The van der Waals surface area contributed by atoms with Crippen LogP contribution >= 0.6 is 0 Å². The molecule has 1 aliphatic rings. The third kappa shape index (κ3) is 2.34. The molecule has 0 radical (unpaired) electrons. The monoisotopic (exact) mass is 196 g/mol. The van der Waals surface area contributed by atoms with Crippen LogP contribution in [0.3, 0.4) is 0 Å². The molecule has 14 heavy (non-hydrogen) atoms. The zero-order valence-corrected chi connectivity index (χ0v) is 8.45. The second-order valence-corrected chi connectivity index (χ2v) is 3.37. The van der Waals surface area contributed by atoms with Crippen molar-refractivity contribution in [1.82, 2.24) is 10.2 Å². The van der Waals surface area contributed by atoms with Crippen molar-refractivity contribution in [3.63, 3.8) is 0 Å². The van der Waals surface area contributed by atoms with Gasteiger partial charge in [-0.3, -0.25) is 9.59 Å². The van der Waals surface area contributed by atoms with Gasteiger partial charge in [0.1, 0.15) is 0 Å². The lowest BCUT2D eigenvalue weighted by Gasteiger charge is -2.21. The van der Waals surface area contributed by atoms with Crippen molar-refractivity contribution in [2.24, 2.45) is 5.92 Å². The van der Waals surface area contributed by atoms with E-state index in [1.807, 2.05) is 6.92 Å². The first-order valence-electron chi connectivity index (χ1n) is 4.85. The number of likely N-dealkylation sites (N-methyl/N-ethyl adjacent to an activating group) is 1. The summed E-state index contributed by atoms with van der Waals surface area (Å²) >= 11 is 0. The predicted molar refractivity (Wildman–Crippen MR) is 53.6 cm³/mol. The number of rotatable bonds is 4. The van der Waals surface area contributed by atoms with Gasteiger partial charge in [0.25, 0.3) is 0 Å². The maximum atomic E-state index is 11.8. The number of carbonyl (C=O) groups is 2. The molecule has 0 bridgehead atoms. The van der Waals surface area contributed by atoms with Gasteiger partial charge in [0.05, 0.1) is 5.92 Å². The average molecular weight is 196 g/mol. The molecule has 1 aliphatic heterocycles. The predicted octanol–water partition coefficient (Wildman–Crippen LogP) is 0.157. The van der Waals surface area contributed by atoms with Crippen LogP contribution in [0.15, 0.2) is 12.7 Å². The van der Waals surface area contributed by atoms with Gasteiger partial charge in [-0.2, -0.15) is 0 Å². The van der Waals surface area contributed by atoms with Gasteiger partial charge in [0.2, 0.25) is 11.8 Å². The van der Waals surface area contributed by atoms with Gasteiger partial charge in [0, 0.05) is 26.1 Å². The fourth-order valence-electron chi connectivity index (χ4n) is 1.57. The van der Waals surface area contributed by atoms with E-state index >= 15 is 0 Å². The molecule has 78 valence electrons. The summed E-state index contributed by atoms with van der Waals surface area (Å²) in [6.45, 7) is 7.21. The van der Waals surface area contributed by atoms with E-state index in [9.17, 15) is 9.59 Å². The van der Waals surface area contributed by atoms with Crippen LogP contribution < -0.4 is 5.32 Å². The van der Waals surface area contributed by atoms with Crippen LogP contribution in [0.25, 0.3) is 0 Å². The van der Waals surface area contributed by atoms with Gasteiger partial charge in [-0.25, -0.2) is 0 Å². The summed E-state index contributed by atoms with van der Waals surface area (Å²) in [7, 11) is 0. The van der Waals surface area contributed by atoms with Gasteiger partial charge in [0.15, 0.2) is 0 Å². The molecule has 1 unspecified atom stereocenters. The van der Waals surface area contributed by atoms with Crippen LogP contribution in [0.5, 0.6) is 0 Å². The Hall–Kier alpha value is -1.32. The minimum atomic E-state index is -0.178. The Morgan fingerprint density at radius 2 is 2.50 bits per heavy atom. The SMILES string of the molecule is C=CCN(CC)C(=O)C1CNC(=O)C1. The molecule has 0 aromatic heterocycles. The van der Waals surface area contributed by atoms with Crippen molar-refractivity contribution in [1.29, 1.82) is 0 Å². The minimum Gasteiger partial charge on any atom is -0.355 e. The Bertz CT molecular complexity index is 247. The van der Waals surface area contributed by atoms with Gasteiger partial charge in [-0.05, 0) is 6.92 Å². The number of carbonyl (C=O) groups excluding carboxylic acids is 2. The van der Waals surface area contributed by atoms with Crippen LogP contribution in [0.1, 0.15) is 13.3 Å². The summed E-state index contributed by atoms with van der Waals surface area (Å²) in [5.41, 5.74) is 0. The molecule has 0 aliphatic carbocycles. The van der Waals surface area contributed by atoms with Gasteiger partial charge in [-0.1, -0.05) is 6.08 Å². The first-order chi connectivity index (χ1) is 6.69. The molecule has 1 N–H and O–H groups in total. The Kier molecular flexibility index (Phi) is 3.68. The lowest BCUT2D eigenvalue weighted by molar-refractivity contribution is -0.135. The zero-order chi connectivity index (χ0) is 10.6. The molecule has 0 aromatic carbocycles. The fourth-order valence-corrected chi connectivity index (χ4v) is 1.57. The number of nitrogens with one attached hydrogen (secondary N) is 1. The van der Waals surface area contributed by atoms with E-state index in [1.165, 1.54) is 0 Å². The first kappa shape index (κ1) is 10.8. The van der Waals surface area contributed by atoms with Crippen molar-refractivity contribution in [2.75, 3.05) is 19.6 Å². The molecule has 1 atom stereocenters. The summed E-state index contributed by atoms with van der Waals surface area (Å²) in [5, 5.41) is 2.66. The van der Waals surface area contributed by atoms with Crippen molar-refractivity contribution < 1.29 is 9.59 Å². The number of amides is 2. The van der Waals surface area contributed by atoms with E-state index in [-0.39, 0.29) is 17.7 Å². The summed E-state index contributed by atoms with van der Waals surface area (Å²) in [4.78, 5) is 24.4. The smallest absolute Gasteiger partial charge is 0.228 e. The van der Waals surface area contributed by atoms with Gasteiger partial charge < -0.3 is 10.2 Å². The molecule has 0 saturated carbocycles. The highest BCUT2D eigenvalue weighted by Gasteiger charge is 2.30. The molecule has 1 heterocycles. The Morgan fingerprint density at radius 1 is 1.79 bits per heavy atom. The largest absolute Gasteiger partial charge is 0.355 e. The molecule has 1 saturated heterocycles. The zero-order valence-electron chi connectivity index (χ0n) is 8.45. The summed E-state index contributed by atoms with van der Waals surface area (Å²) < 4.78 is 0. The first-order valence-corrected chi connectivity index (χ1v) is 4.85. The second kappa shape index (κ2) is 4.79. The third-order valence-electron chi connectivity index (χ3n) is 2.37. The number of nitrogens with zero attached hydrogens (tertiary/aromatic N) is 1. The average Bonchev–Trinajstić information content (AvgIpc) is 2.60. The van der Waals surface area contributed by atoms with Crippen molar-refractivity contribution in [3.8, 4) is 0 Å². The van der Waals surface area contributed by atoms with Crippen LogP contribution in [-0.2, 0) is 9.59 Å². The van der Waals surface area contributed by atoms with E-state index < -0.39 is 0 Å². The van der Waals surface area contributed by atoms with Crippen molar-refractivity contribution in [2.45, 2.75) is 13.3 Å². The summed E-state index contributed by atoms with van der Waals surface area (Å²) in [5.74, 6) is -0.161. The Morgan fingerprint density at radius 3 is 2.93 bits per heavy atom. The van der Waals surface area contributed by atoms with E-state index in [2.05, 4.69) is 11.9 Å². The number of hydrogen-bond donors (Lipinski definition) is 1. The lowest BCUT2D eigenvalue weighted by atomic mass is 10.1. The highest BCUT2D eigenvalue weighted by Crippen LogP contribution is 2.12. The third-order valence-corrected chi connectivity index (χ3v) is 2.37. The minimum absolute atomic E-state index is 0.0296. The molecule has 4 nitrogen and oxygen atoms in total. The van der Waals surface area contributed by atoms with Crippen LogP contribution in [-0.4, -0.2) is 36.3 Å². The topological polar surface area (TPSA) is 49.4 Å². The van der Waals surface area contributed by atoms with E-state index in [1.54, 1.807) is 11.0 Å². The normalized spacial score (nSPS) is 20.4. The van der Waals surface area contributed by atoms with Crippen LogP contribution in [0.4, 0.5) is 0 Å². The molecular weight excluding hydrogens is 180 g/mol. The Balaban J connectivity index is 2.53. The fraction of sp³-hybridized carbons (Fsp3) is 0.600. The maximum Gasteiger partial charge on any atom is 0.228 e. The quantitative estimate of drug-likeness (QED) is 0.651. The highest BCUT2D eigenvalue weighted by atomic mass is 16.2. The Labute approximate surface area is 84.0 Å². The standard InChI is InChI=1S/C10H16N2O2/c1-3-5-12(4-2)10(14)8-6-9(13)11-7-8/h3,8H,1,4-7H2,2H3,(H,11,13). The molecule has 1 rings (SSSR count). The van der Waals surface area contributed by atoms with E-state index in [4.69, 9.17) is 0 Å². The molecule has 2 amide bonds. The summed E-state index contributed by atoms with van der Waals surface area (Å²) in [6.07, 6.45) is 2.03. The van der Waals surface area contributed by atoms with Crippen molar-refractivity contribution >= 4 is 11.8 Å². The van der Waals surface area contributed by atoms with Crippen LogP contribution in [0, 0.1) is 5.92 Å². The molecule has 1 fully saturated rings. The van der Waals surface area contributed by atoms with E-state index in [0.29, 0.717) is 26.1 Å². The number of hydrogen-bond acceptors (Lipinski definition) is 2.